The van der Waals surface area contributed by atoms with E-state index < -0.39 is 6.36 Å². The van der Waals surface area contributed by atoms with Gasteiger partial charge in [-0.25, -0.2) is 4.98 Å². The molecule has 0 saturated heterocycles. The lowest BCUT2D eigenvalue weighted by Gasteiger charge is -2.12. The summed E-state index contributed by atoms with van der Waals surface area (Å²) in [5, 5.41) is 3.50. The minimum Gasteiger partial charge on any atom is -0.406 e. The summed E-state index contributed by atoms with van der Waals surface area (Å²) in [6, 6.07) is 11.8. The van der Waals surface area contributed by atoms with Crippen molar-refractivity contribution in [2.45, 2.75) is 25.0 Å². The van der Waals surface area contributed by atoms with Gasteiger partial charge in [-0.1, -0.05) is 23.9 Å². The summed E-state index contributed by atoms with van der Waals surface area (Å²) in [4.78, 5) is 29.2. The van der Waals surface area contributed by atoms with Gasteiger partial charge < -0.3 is 10.1 Å². The molecule has 1 amide bonds. The third-order valence-electron chi connectivity index (χ3n) is 3.85. The lowest BCUT2D eigenvalue weighted by atomic mass is 10.2. The molecule has 6 nitrogen and oxygen atoms in total. The van der Waals surface area contributed by atoms with Crippen LogP contribution in [0.5, 0.6) is 5.75 Å². The SMILES string of the molecule is CCn1c(SCC(=O)Nc2ccc(OC(F)(F)F)cc2)nc2ccccc2c1=O. The van der Waals surface area contributed by atoms with Crippen LogP contribution in [-0.2, 0) is 11.3 Å². The molecule has 0 radical (unpaired) electrons. The molecule has 0 fully saturated rings. The molecule has 1 heterocycles. The smallest absolute Gasteiger partial charge is 0.406 e. The van der Waals surface area contributed by atoms with Crippen LogP contribution in [0, 0.1) is 0 Å². The number of aromatic nitrogens is 2. The topological polar surface area (TPSA) is 73.2 Å². The van der Waals surface area contributed by atoms with Gasteiger partial charge in [-0.15, -0.1) is 13.2 Å². The summed E-state index contributed by atoms with van der Waals surface area (Å²) >= 11 is 1.11. The predicted octanol–water partition coefficient (Wildman–Crippen LogP) is 4.05. The zero-order chi connectivity index (χ0) is 21.0. The number of carbonyl (C=O) groups excluding carboxylic acids is 1. The van der Waals surface area contributed by atoms with E-state index in [0.29, 0.717) is 28.3 Å². The van der Waals surface area contributed by atoms with Crippen molar-refractivity contribution < 1.29 is 22.7 Å². The number of halogens is 3. The summed E-state index contributed by atoms with van der Waals surface area (Å²) in [6.07, 6.45) is -4.77. The molecule has 0 unspecified atom stereocenters. The monoisotopic (exact) mass is 423 g/mol. The second kappa shape index (κ2) is 8.56. The Labute approximate surface area is 167 Å². The molecule has 0 aliphatic rings. The van der Waals surface area contributed by atoms with Crippen LogP contribution in [0.3, 0.4) is 0 Å². The number of hydrogen-bond donors (Lipinski definition) is 1. The van der Waals surface area contributed by atoms with Crippen molar-refractivity contribution in [2.75, 3.05) is 11.1 Å². The molecular weight excluding hydrogens is 407 g/mol. The van der Waals surface area contributed by atoms with Gasteiger partial charge in [0.15, 0.2) is 5.16 Å². The Kier molecular flexibility index (Phi) is 6.12. The number of rotatable bonds is 6. The number of nitrogens with zero attached hydrogens (tertiary/aromatic N) is 2. The molecule has 1 aromatic heterocycles. The van der Waals surface area contributed by atoms with Crippen LogP contribution in [0.2, 0.25) is 0 Å². The minimum atomic E-state index is -4.77. The number of fused-ring (bicyclic) bond motifs is 1. The minimum absolute atomic E-state index is 0.0222. The van der Waals surface area contributed by atoms with E-state index in [-0.39, 0.29) is 23.0 Å². The van der Waals surface area contributed by atoms with Crippen LogP contribution in [0.1, 0.15) is 6.92 Å². The zero-order valence-corrected chi connectivity index (χ0v) is 16.0. The predicted molar refractivity (Wildman–Crippen MR) is 104 cm³/mol. The molecule has 0 aliphatic carbocycles. The highest BCUT2D eigenvalue weighted by atomic mass is 32.2. The van der Waals surface area contributed by atoms with E-state index in [2.05, 4.69) is 15.0 Å². The first-order valence-corrected chi connectivity index (χ1v) is 9.53. The molecule has 1 N–H and O–H groups in total. The largest absolute Gasteiger partial charge is 0.573 e. The Morgan fingerprint density at radius 1 is 1.17 bits per heavy atom. The first-order chi connectivity index (χ1) is 13.8. The van der Waals surface area contributed by atoms with Crippen LogP contribution in [-0.4, -0.2) is 27.6 Å². The molecule has 0 aliphatic heterocycles. The Balaban J connectivity index is 1.67. The fraction of sp³-hybridized carbons (Fsp3) is 0.211. The average Bonchev–Trinajstić information content (AvgIpc) is 2.67. The van der Waals surface area contributed by atoms with Gasteiger partial charge >= 0.3 is 6.36 Å². The summed E-state index contributed by atoms with van der Waals surface area (Å²) in [7, 11) is 0. The first-order valence-electron chi connectivity index (χ1n) is 8.55. The van der Waals surface area contributed by atoms with Gasteiger partial charge in [0.05, 0.1) is 16.7 Å². The van der Waals surface area contributed by atoms with Crippen molar-refractivity contribution in [3.8, 4) is 5.75 Å². The number of ether oxygens (including phenoxy) is 1. The number of para-hydroxylation sites is 1. The van der Waals surface area contributed by atoms with Crippen molar-refractivity contribution >= 4 is 34.3 Å². The van der Waals surface area contributed by atoms with E-state index in [4.69, 9.17) is 0 Å². The Bertz CT molecular complexity index is 1080. The molecule has 10 heteroatoms. The molecular formula is C19H16F3N3O3S. The van der Waals surface area contributed by atoms with Crippen LogP contribution in [0.4, 0.5) is 18.9 Å². The fourth-order valence-electron chi connectivity index (χ4n) is 2.60. The number of anilines is 1. The standard InChI is InChI=1S/C19H16F3N3O3S/c1-2-25-17(27)14-5-3-4-6-15(14)24-18(25)29-11-16(26)23-12-7-9-13(10-8-12)28-19(20,21)22/h3-10H,2,11H2,1H3,(H,23,26). The van der Waals surface area contributed by atoms with Gasteiger partial charge in [-0.3, -0.25) is 14.2 Å². The highest BCUT2D eigenvalue weighted by molar-refractivity contribution is 7.99. The quantitative estimate of drug-likeness (QED) is 0.478. The Morgan fingerprint density at radius 3 is 2.52 bits per heavy atom. The average molecular weight is 423 g/mol. The maximum absolute atomic E-state index is 12.6. The molecule has 0 spiro atoms. The number of amides is 1. The van der Waals surface area contributed by atoms with Gasteiger partial charge in [-0.05, 0) is 43.3 Å². The molecule has 0 saturated carbocycles. The molecule has 2 aromatic carbocycles. The van der Waals surface area contributed by atoms with E-state index in [1.807, 2.05) is 6.92 Å². The normalized spacial score (nSPS) is 11.4. The molecule has 0 bridgehead atoms. The number of benzene rings is 2. The van der Waals surface area contributed by atoms with E-state index in [0.717, 1.165) is 23.9 Å². The number of nitrogens with one attached hydrogen (secondary N) is 1. The van der Waals surface area contributed by atoms with Gasteiger partial charge in [-0.2, -0.15) is 0 Å². The second-order valence-corrected chi connectivity index (χ2v) is 6.81. The van der Waals surface area contributed by atoms with Crippen LogP contribution in [0.15, 0.2) is 58.5 Å². The lowest BCUT2D eigenvalue weighted by Crippen LogP contribution is -2.23. The van der Waals surface area contributed by atoms with E-state index in [1.54, 1.807) is 24.3 Å². The van der Waals surface area contributed by atoms with Crippen molar-refractivity contribution in [1.29, 1.82) is 0 Å². The van der Waals surface area contributed by atoms with Gasteiger partial charge in [0.2, 0.25) is 5.91 Å². The Morgan fingerprint density at radius 2 is 1.86 bits per heavy atom. The fourth-order valence-corrected chi connectivity index (χ4v) is 3.47. The highest BCUT2D eigenvalue weighted by Crippen LogP contribution is 2.24. The number of thioether (sulfide) groups is 1. The van der Waals surface area contributed by atoms with E-state index in [9.17, 15) is 22.8 Å². The van der Waals surface area contributed by atoms with Crippen LogP contribution in [0.25, 0.3) is 10.9 Å². The Hall–Kier alpha value is -3.01. The molecule has 3 aromatic rings. The second-order valence-electron chi connectivity index (χ2n) is 5.87. The van der Waals surface area contributed by atoms with Crippen LogP contribution < -0.4 is 15.6 Å². The maximum Gasteiger partial charge on any atom is 0.573 e. The van der Waals surface area contributed by atoms with Crippen molar-refractivity contribution in [1.82, 2.24) is 9.55 Å². The molecule has 29 heavy (non-hydrogen) atoms. The van der Waals surface area contributed by atoms with Gasteiger partial charge in [0.25, 0.3) is 5.56 Å². The number of carbonyl (C=O) groups is 1. The van der Waals surface area contributed by atoms with Crippen LogP contribution >= 0.6 is 11.8 Å². The van der Waals surface area contributed by atoms with Crippen molar-refractivity contribution in [2.24, 2.45) is 0 Å². The van der Waals surface area contributed by atoms with Crippen molar-refractivity contribution in [3.63, 3.8) is 0 Å². The highest BCUT2D eigenvalue weighted by Gasteiger charge is 2.30. The number of hydrogen-bond acceptors (Lipinski definition) is 5. The third kappa shape index (κ3) is 5.29. The summed E-state index contributed by atoms with van der Waals surface area (Å²) in [6.45, 7) is 2.22. The van der Waals surface area contributed by atoms with E-state index >= 15 is 0 Å². The molecule has 3 rings (SSSR count). The van der Waals surface area contributed by atoms with Gasteiger partial charge in [0, 0.05) is 12.2 Å². The van der Waals surface area contributed by atoms with Crippen molar-refractivity contribution in [3.05, 3.63) is 58.9 Å². The van der Waals surface area contributed by atoms with Gasteiger partial charge in [0.1, 0.15) is 5.75 Å². The number of alkyl halides is 3. The first kappa shape index (κ1) is 20.7. The summed E-state index contributed by atoms with van der Waals surface area (Å²) < 4.78 is 41.8. The van der Waals surface area contributed by atoms with E-state index in [1.165, 1.54) is 16.7 Å². The molecule has 0 atom stereocenters. The zero-order valence-electron chi connectivity index (χ0n) is 15.2. The lowest BCUT2D eigenvalue weighted by molar-refractivity contribution is -0.274. The molecule has 152 valence electrons. The summed E-state index contributed by atoms with van der Waals surface area (Å²) in [5.74, 6) is -0.785. The maximum atomic E-state index is 12.6. The summed E-state index contributed by atoms with van der Waals surface area (Å²) in [5.41, 5.74) is 0.691. The third-order valence-corrected chi connectivity index (χ3v) is 4.82.